The van der Waals surface area contributed by atoms with Crippen molar-refractivity contribution in [3.63, 3.8) is 0 Å². The van der Waals surface area contributed by atoms with E-state index >= 15 is 0 Å². The zero-order chi connectivity index (χ0) is 45.5. The molecule has 0 atom stereocenters. The number of rotatable bonds is 12. The molecule has 0 bridgehead atoms. The summed E-state index contributed by atoms with van der Waals surface area (Å²) in [5, 5.41) is 0. The molecule has 11 rings (SSSR count). The van der Waals surface area contributed by atoms with Crippen LogP contribution in [0.3, 0.4) is 0 Å². The molecule has 0 aromatic heterocycles. The van der Waals surface area contributed by atoms with E-state index in [0.29, 0.717) is 0 Å². The Morgan fingerprint density at radius 3 is 0.765 bits per heavy atom. The fraction of sp³-hybridized carbons (Fsp3) is 0. The summed E-state index contributed by atoms with van der Waals surface area (Å²) in [7, 11) is 0. The summed E-state index contributed by atoms with van der Waals surface area (Å²) in [5.41, 5.74) is 20.6. The van der Waals surface area contributed by atoms with Crippen LogP contribution in [0.4, 0.5) is 34.1 Å². The third-order valence-electron chi connectivity index (χ3n) is 12.7. The largest absolute Gasteiger partial charge is 0.310 e. The Morgan fingerprint density at radius 1 is 0.147 bits per heavy atom. The maximum Gasteiger partial charge on any atom is 0.0468 e. The van der Waals surface area contributed by atoms with Crippen molar-refractivity contribution in [2.75, 3.05) is 9.80 Å². The van der Waals surface area contributed by atoms with Crippen LogP contribution in [0.15, 0.2) is 291 Å². The van der Waals surface area contributed by atoms with Crippen molar-refractivity contribution in [2.45, 2.75) is 0 Å². The smallest absolute Gasteiger partial charge is 0.0468 e. The lowest BCUT2D eigenvalue weighted by Gasteiger charge is -2.27. The highest BCUT2D eigenvalue weighted by atomic mass is 15.1. The van der Waals surface area contributed by atoms with Crippen LogP contribution in [0.1, 0.15) is 0 Å². The van der Waals surface area contributed by atoms with Gasteiger partial charge in [-0.3, -0.25) is 0 Å². The fourth-order valence-electron chi connectivity index (χ4n) is 9.33. The molecule has 322 valence electrons. The van der Waals surface area contributed by atoms with Crippen molar-refractivity contribution >= 4 is 34.1 Å². The predicted octanol–water partition coefficient (Wildman–Crippen LogP) is 18.6. The summed E-state index contributed by atoms with van der Waals surface area (Å²) >= 11 is 0. The minimum atomic E-state index is 1.09. The first-order valence-electron chi connectivity index (χ1n) is 23.2. The van der Waals surface area contributed by atoms with Crippen LogP contribution in [0.5, 0.6) is 0 Å². The molecule has 0 fully saturated rings. The molecule has 11 aromatic carbocycles. The minimum absolute atomic E-state index is 1.09. The van der Waals surface area contributed by atoms with Gasteiger partial charge < -0.3 is 9.80 Å². The SMILES string of the molecule is c1ccc(-c2ccc(N(c3ccccc3)c3ccc(-c4cccc(-c5ccc(N(c6ccccc6)c6ccc(-c7ccccc7)cc6)cc5-c5ccccc5)c4)c(-c4ccccc4)c3)cc2)cc1. The number of anilines is 6. The maximum atomic E-state index is 2.36. The molecule has 2 nitrogen and oxygen atoms in total. The summed E-state index contributed by atoms with van der Waals surface area (Å²) in [6, 6.07) is 105. The zero-order valence-electron chi connectivity index (χ0n) is 37.6. The van der Waals surface area contributed by atoms with Gasteiger partial charge in [-0.2, -0.15) is 0 Å². The van der Waals surface area contributed by atoms with Crippen molar-refractivity contribution in [3.8, 4) is 66.8 Å². The van der Waals surface area contributed by atoms with Crippen molar-refractivity contribution in [2.24, 2.45) is 0 Å². The molecule has 68 heavy (non-hydrogen) atoms. The lowest BCUT2D eigenvalue weighted by molar-refractivity contribution is 1.28. The van der Waals surface area contributed by atoms with E-state index in [9.17, 15) is 0 Å². The third-order valence-corrected chi connectivity index (χ3v) is 12.7. The van der Waals surface area contributed by atoms with E-state index in [4.69, 9.17) is 0 Å². The van der Waals surface area contributed by atoms with Gasteiger partial charge in [0, 0.05) is 34.1 Å². The second-order valence-corrected chi connectivity index (χ2v) is 16.9. The van der Waals surface area contributed by atoms with Crippen LogP contribution >= 0.6 is 0 Å². The van der Waals surface area contributed by atoms with Gasteiger partial charge in [0.25, 0.3) is 0 Å². The van der Waals surface area contributed by atoms with Crippen molar-refractivity contribution in [1.29, 1.82) is 0 Å². The molecule has 0 N–H and O–H groups in total. The maximum absolute atomic E-state index is 2.36. The van der Waals surface area contributed by atoms with Gasteiger partial charge in [0.2, 0.25) is 0 Å². The van der Waals surface area contributed by atoms with Gasteiger partial charge in [-0.1, -0.05) is 212 Å². The Labute approximate surface area is 400 Å². The lowest BCUT2D eigenvalue weighted by Crippen LogP contribution is -2.10. The van der Waals surface area contributed by atoms with E-state index in [-0.39, 0.29) is 0 Å². The quantitative estimate of drug-likeness (QED) is 0.121. The third kappa shape index (κ3) is 8.75. The molecule has 0 spiro atoms. The van der Waals surface area contributed by atoms with Gasteiger partial charge in [-0.15, -0.1) is 0 Å². The molecular weight excluding hydrogens is 821 g/mol. The summed E-state index contributed by atoms with van der Waals surface area (Å²) in [6.45, 7) is 0. The Kier molecular flexibility index (Phi) is 11.8. The van der Waals surface area contributed by atoms with Gasteiger partial charge in [0.1, 0.15) is 0 Å². The first-order valence-corrected chi connectivity index (χ1v) is 23.2. The second-order valence-electron chi connectivity index (χ2n) is 16.9. The zero-order valence-corrected chi connectivity index (χ0v) is 37.6. The van der Waals surface area contributed by atoms with Crippen molar-refractivity contribution in [1.82, 2.24) is 0 Å². The van der Waals surface area contributed by atoms with Crippen LogP contribution in [0, 0.1) is 0 Å². The topological polar surface area (TPSA) is 6.48 Å². The molecule has 0 amide bonds. The van der Waals surface area contributed by atoms with E-state index in [1.807, 2.05) is 0 Å². The molecule has 0 aliphatic heterocycles. The highest BCUT2D eigenvalue weighted by Crippen LogP contribution is 2.44. The van der Waals surface area contributed by atoms with Gasteiger partial charge >= 0.3 is 0 Å². The number of para-hydroxylation sites is 2. The van der Waals surface area contributed by atoms with E-state index < -0.39 is 0 Å². The Hall–Kier alpha value is -8.98. The van der Waals surface area contributed by atoms with Gasteiger partial charge in [0.05, 0.1) is 0 Å². The molecule has 0 heterocycles. The fourth-order valence-corrected chi connectivity index (χ4v) is 9.33. The van der Waals surface area contributed by atoms with Crippen LogP contribution < -0.4 is 9.80 Å². The molecule has 11 aromatic rings. The molecular formula is C66H48N2. The molecule has 0 saturated heterocycles. The highest BCUT2D eigenvalue weighted by Gasteiger charge is 2.20. The molecule has 0 radical (unpaired) electrons. The molecule has 0 unspecified atom stereocenters. The first kappa shape index (κ1) is 41.7. The molecule has 0 saturated carbocycles. The van der Waals surface area contributed by atoms with Gasteiger partial charge in [-0.25, -0.2) is 0 Å². The normalized spacial score (nSPS) is 10.9. The summed E-state index contributed by atoms with van der Waals surface area (Å²) < 4.78 is 0. The van der Waals surface area contributed by atoms with Crippen LogP contribution in [0.2, 0.25) is 0 Å². The molecule has 2 heteroatoms. The standard InChI is InChI=1S/C66H48N2/c1-7-20-49(21-8-1)51-34-38-59(39-35-51)67(57-30-15-5-16-31-57)61-42-44-63(65(47-61)53-24-11-3-12-25-53)55-28-19-29-56(46-55)64-45-43-62(48-66(64)54-26-13-4-14-27-54)68(58-32-17-6-18-33-58)60-40-36-52(37-41-60)50-22-9-2-10-23-50/h1-48H. The number of nitrogens with zero attached hydrogens (tertiary/aromatic N) is 2. The average Bonchev–Trinajstić information content (AvgIpc) is 3.43. The number of benzene rings is 11. The summed E-state index contributed by atoms with van der Waals surface area (Å²) in [6.07, 6.45) is 0. The molecule has 0 aliphatic carbocycles. The summed E-state index contributed by atoms with van der Waals surface area (Å²) in [4.78, 5) is 4.71. The number of hydrogen-bond acceptors (Lipinski definition) is 2. The van der Waals surface area contributed by atoms with Gasteiger partial charge in [0.15, 0.2) is 0 Å². The lowest BCUT2D eigenvalue weighted by atomic mass is 9.89. The Morgan fingerprint density at radius 2 is 0.412 bits per heavy atom. The van der Waals surface area contributed by atoms with Crippen molar-refractivity contribution in [3.05, 3.63) is 291 Å². The van der Waals surface area contributed by atoms with E-state index in [1.165, 1.54) is 33.4 Å². The Balaban J connectivity index is 1.01. The van der Waals surface area contributed by atoms with E-state index in [0.717, 1.165) is 67.5 Å². The predicted molar refractivity (Wildman–Crippen MR) is 288 cm³/mol. The van der Waals surface area contributed by atoms with E-state index in [1.54, 1.807) is 0 Å². The van der Waals surface area contributed by atoms with Crippen LogP contribution in [-0.2, 0) is 0 Å². The van der Waals surface area contributed by atoms with Crippen LogP contribution in [0.25, 0.3) is 66.8 Å². The van der Waals surface area contributed by atoms with Crippen LogP contribution in [-0.4, -0.2) is 0 Å². The van der Waals surface area contributed by atoms with Crippen molar-refractivity contribution < 1.29 is 0 Å². The molecule has 0 aliphatic rings. The monoisotopic (exact) mass is 868 g/mol. The van der Waals surface area contributed by atoms with Gasteiger partial charge in [-0.05, 0) is 146 Å². The minimum Gasteiger partial charge on any atom is -0.310 e. The summed E-state index contributed by atoms with van der Waals surface area (Å²) in [5.74, 6) is 0. The number of hydrogen-bond donors (Lipinski definition) is 0. The average molecular weight is 869 g/mol. The second kappa shape index (κ2) is 19.2. The van der Waals surface area contributed by atoms with E-state index in [2.05, 4.69) is 301 Å². The first-order chi connectivity index (χ1) is 33.7. The Bertz CT molecular complexity index is 3160. The highest BCUT2D eigenvalue weighted by molar-refractivity contribution is 5.93.